The van der Waals surface area contributed by atoms with Crippen LogP contribution in [0.5, 0.6) is 5.19 Å². The third kappa shape index (κ3) is 4.22. The molecule has 1 fully saturated rings. The Morgan fingerprint density at radius 3 is 2.44 bits per heavy atom. The largest absolute Gasteiger partial charge is 0.463 e. The normalized spacial score (nSPS) is 14.1. The number of anilines is 1. The van der Waals surface area contributed by atoms with Gasteiger partial charge in [0.15, 0.2) is 0 Å². The second kappa shape index (κ2) is 8.90. The molecule has 5 rings (SSSR count). The Kier molecular flexibility index (Phi) is 5.93. The minimum absolute atomic E-state index is 0.120. The number of fused-ring (bicyclic) bond motifs is 1. The van der Waals surface area contributed by atoms with Gasteiger partial charge in [-0.05, 0) is 48.5 Å². The summed E-state index contributed by atoms with van der Waals surface area (Å²) in [6.07, 6.45) is -0.150. The van der Waals surface area contributed by atoms with Crippen molar-refractivity contribution < 1.29 is 17.9 Å². The topological polar surface area (TPSA) is 79.8 Å². The average molecular weight is 514 g/mol. The summed E-state index contributed by atoms with van der Waals surface area (Å²) in [6.45, 7) is 0.860. The Labute approximate surface area is 206 Å². The van der Waals surface area contributed by atoms with Crippen molar-refractivity contribution in [2.75, 3.05) is 24.4 Å². The number of para-hydroxylation sites is 2. The molecule has 0 N–H and O–H groups in total. The first kappa shape index (κ1) is 22.6. The number of carbonyl (C=O) groups excluding carboxylic acids is 1. The summed E-state index contributed by atoms with van der Waals surface area (Å²) in [5, 5.41) is 1.10. The lowest BCUT2D eigenvalue weighted by atomic mass is 10.1. The van der Waals surface area contributed by atoms with Gasteiger partial charge in [-0.15, -0.1) is 0 Å². The van der Waals surface area contributed by atoms with E-state index in [2.05, 4.69) is 4.98 Å². The molecule has 1 aliphatic rings. The molecule has 1 saturated heterocycles. The first-order chi connectivity index (χ1) is 16.3. The lowest BCUT2D eigenvalue weighted by Gasteiger charge is -2.38. The van der Waals surface area contributed by atoms with Crippen LogP contribution in [0.2, 0.25) is 5.02 Å². The van der Waals surface area contributed by atoms with Crippen LogP contribution < -0.4 is 9.04 Å². The third-order valence-electron chi connectivity index (χ3n) is 5.63. The van der Waals surface area contributed by atoms with E-state index in [9.17, 15) is 13.2 Å². The van der Waals surface area contributed by atoms with Crippen molar-refractivity contribution in [2.45, 2.75) is 11.0 Å². The molecule has 34 heavy (non-hydrogen) atoms. The van der Waals surface area contributed by atoms with E-state index >= 15 is 0 Å². The van der Waals surface area contributed by atoms with Gasteiger partial charge in [0.1, 0.15) is 11.6 Å². The van der Waals surface area contributed by atoms with Crippen LogP contribution >= 0.6 is 22.9 Å². The molecule has 10 heteroatoms. The van der Waals surface area contributed by atoms with Gasteiger partial charge in [-0.1, -0.05) is 47.2 Å². The lowest BCUT2D eigenvalue weighted by Crippen LogP contribution is -2.56. The predicted molar refractivity (Wildman–Crippen MR) is 133 cm³/mol. The molecule has 0 bridgehead atoms. The summed E-state index contributed by atoms with van der Waals surface area (Å²) in [7, 11) is -2.23. The van der Waals surface area contributed by atoms with E-state index in [1.54, 1.807) is 35.2 Å². The third-order valence-corrected chi connectivity index (χ3v) is 8.65. The molecule has 0 atom stereocenters. The zero-order valence-corrected chi connectivity index (χ0v) is 20.5. The summed E-state index contributed by atoms with van der Waals surface area (Å²) in [6, 6.07) is 20.4. The number of carbonyl (C=O) groups is 1. The molecule has 7 nitrogen and oxygen atoms in total. The molecule has 2 heterocycles. The standard InChI is InChI=1S/C24H20ClN3O4S2/c1-27(17-6-3-2-4-7-17)34(30,31)19-12-10-16(11-13-19)23(29)28-14-18(15-28)32-24-26-22-20(25)8-5-9-21(22)33-24/h2-13,18H,14-15H2,1H3. The van der Waals surface area contributed by atoms with Gasteiger partial charge < -0.3 is 9.64 Å². The fraction of sp³-hybridized carbons (Fsp3) is 0.167. The minimum Gasteiger partial charge on any atom is -0.463 e. The van der Waals surface area contributed by atoms with Gasteiger partial charge in [0.2, 0.25) is 0 Å². The van der Waals surface area contributed by atoms with Gasteiger partial charge in [-0.3, -0.25) is 9.10 Å². The van der Waals surface area contributed by atoms with Crippen molar-refractivity contribution in [1.82, 2.24) is 9.88 Å². The van der Waals surface area contributed by atoms with Gasteiger partial charge in [0, 0.05) is 12.6 Å². The maximum absolute atomic E-state index is 12.9. The minimum atomic E-state index is -3.73. The van der Waals surface area contributed by atoms with Crippen molar-refractivity contribution in [3.05, 3.63) is 83.4 Å². The molecule has 0 radical (unpaired) electrons. The van der Waals surface area contributed by atoms with Gasteiger partial charge in [-0.2, -0.15) is 0 Å². The maximum atomic E-state index is 12.9. The van der Waals surface area contributed by atoms with E-state index in [0.29, 0.717) is 40.1 Å². The summed E-state index contributed by atoms with van der Waals surface area (Å²) in [4.78, 5) is 19.0. The molecule has 4 aromatic rings. The van der Waals surface area contributed by atoms with Crippen LogP contribution in [0.25, 0.3) is 10.2 Å². The van der Waals surface area contributed by atoms with Crippen LogP contribution in [0.1, 0.15) is 10.4 Å². The number of nitrogens with zero attached hydrogens (tertiary/aromatic N) is 3. The number of rotatable bonds is 6. The van der Waals surface area contributed by atoms with Crippen LogP contribution in [0.15, 0.2) is 77.7 Å². The van der Waals surface area contributed by atoms with Crippen molar-refractivity contribution in [3.63, 3.8) is 0 Å². The van der Waals surface area contributed by atoms with Crippen LogP contribution in [-0.2, 0) is 10.0 Å². The van der Waals surface area contributed by atoms with Gasteiger partial charge in [0.05, 0.1) is 33.4 Å². The van der Waals surface area contributed by atoms with E-state index in [1.165, 1.54) is 47.0 Å². The van der Waals surface area contributed by atoms with Crippen molar-refractivity contribution in [3.8, 4) is 5.19 Å². The van der Waals surface area contributed by atoms with Gasteiger partial charge in [-0.25, -0.2) is 13.4 Å². The van der Waals surface area contributed by atoms with Crippen LogP contribution in [0.3, 0.4) is 0 Å². The molecular weight excluding hydrogens is 494 g/mol. The number of hydrogen-bond donors (Lipinski definition) is 0. The molecule has 1 amide bonds. The number of thiazole rings is 1. The van der Waals surface area contributed by atoms with E-state index in [0.717, 1.165) is 4.70 Å². The second-order valence-corrected chi connectivity index (χ2v) is 11.2. The highest BCUT2D eigenvalue weighted by Crippen LogP contribution is 2.33. The number of hydrogen-bond acceptors (Lipinski definition) is 6. The summed E-state index contributed by atoms with van der Waals surface area (Å²) in [5.74, 6) is -0.174. The molecular formula is C24H20ClN3O4S2. The monoisotopic (exact) mass is 513 g/mol. The highest BCUT2D eigenvalue weighted by atomic mass is 35.5. The molecule has 174 valence electrons. The Balaban J connectivity index is 1.21. The predicted octanol–water partition coefficient (Wildman–Crippen LogP) is 4.68. The van der Waals surface area contributed by atoms with Crippen LogP contribution in [-0.4, -0.2) is 50.5 Å². The zero-order chi connectivity index (χ0) is 23.9. The first-order valence-electron chi connectivity index (χ1n) is 10.5. The lowest BCUT2D eigenvalue weighted by molar-refractivity contribution is 0.0178. The Morgan fingerprint density at radius 2 is 1.76 bits per heavy atom. The molecule has 0 spiro atoms. The van der Waals surface area contributed by atoms with Crippen LogP contribution in [0.4, 0.5) is 5.69 Å². The summed E-state index contributed by atoms with van der Waals surface area (Å²) >= 11 is 7.59. The van der Waals surface area contributed by atoms with Gasteiger partial charge in [0.25, 0.3) is 21.1 Å². The quantitative estimate of drug-likeness (QED) is 0.374. The molecule has 1 aliphatic heterocycles. The number of halogens is 1. The van der Waals surface area contributed by atoms with Crippen molar-refractivity contribution >= 4 is 54.8 Å². The highest BCUT2D eigenvalue weighted by molar-refractivity contribution is 7.92. The van der Waals surface area contributed by atoms with Crippen LogP contribution in [0, 0.1) is 0 Å². The summed E-state index contributed by atoms with van der Waals surface area (Å²) in [5.41, 5.74) is 1.69. The number of amides is 1. The highest BCUT2D eigenvalue weighted by Gasteiger charge is 2.34. The van der Waals surface area contributed by atoms with E-state index < -0.39 is 10.0 Å². The molecule has 1 aromatic heterocycles. The average Bonchev–Trinajstić information content (AvgIpc) is 3.25. The van der Waals surface area contributed by atoms with Gasteiger partial charge >= 0.3 is 0 Å². The Hall–Kier alpha value is -3.14. The Bertz CT molecular complexity index is 1450. The number of likely N-dealkylation sites (tertiary alicyclic amines) is 1. The summed E-state index contributed by atoms with van der Waals surface area (Å²) < 4.78 is 33.9. The van der Waals surface area contributed by atoms with E-state index in [4.69, 9.17) is 16.3 Å². The fourth-order valence-corrected chi connectivity index (χ4v) is 6.03. The number of sulfonamides is 1. The van der Waals surface area contributed by atoms with Crippen molar-refractivity contribution in [2.24, 2.45) is 0 Å². The number of benzene rings is 3. The maximum Gasteiger partial charge on any atom is 0.274 e. The molecule has 0 aliphatic carbocycles. The fourth-order valence-electron chi connectivity index (χ4n) is 3.65. The molecule has 0 saturated carbocycles. The Morgan fingerprint density at radius 1 is 1.06 bits per heavy atom. The molecule has 0 unspecified atom stereocenters. The second-order valence-electron chi connectivity index (χ2n) is 7.85. The smallest absolute Gasteiger partial charge is 0.274 e. The van der Waals surface area contributed by atoms with Crippen molar-refractivity contribution in [1.29, 1.82) is 0 Å². The molecule has 3 aromatic carbocycles. The SMILES string of the molecule is CN(c1ccccc1)S(=O)(=O)c1ccc(C(=O)N2CC(Oc3nc4c(Cl)cccc4s3)C2)cc1. The van der Waals surface area contributed by atoms with E-state index in [-0.39, 0.29) is 16.9 Å². The number of aromatic nitrogens is 1. The zero-order valence-electron chi connectivity index (χ0n) is 18.1. The first-order valence-corrected chi connectivity index (χ1v) is 13.1. The van der Waals surface area contributed by atoms with E-state index in [1.807, 2.05) is 18.2 Å². The number of ether oxygens (including phenoxy) is 1.